The molecule has 0 fully saturated rings. The third-order valence-corrected chi connectivity index (χ3v) is 2.98. The van der Waals surface area contributed by atoms with E-state index in [9.17, 15) is 4.79 Å². The molecule has 5 heteroatoms. The minimum atomic E-state index is -0.478. The maximum atomic E-state index is 11.0. The van der Waals surface area contributed by atoms with E-state index in [1.807, 2.05) is 0 Å². The Morgan fingerprint density at radius 3 is 2.83 bits per heavy atom. The minimum absolute atomic E-state index is 0.259. The summed E-state index contributed by atoms with van der Waals surface area (Å²) in [6.45, 7) is 3.23. The van der Waals surface area contributed by atoms with E-state index in [4.69, 9.17) is 22.4 Å². The van der Waals surface area contributed by atoms with Crippen molar-refractivity contribution in [1.82, 2.24) is 5.32 Å². The number of carbonyl (C=O) groups is 1. The SMILES string of the molecule is CC(O)CCCNCc1ccc(C(N)=O)cc1Cl. The summed E-state index contributed by atoms with van der Waals surface area (Å²) in [6, 6.07) is 5.04. The Morgan fingerprint density at radius 1 is 1.56 bits per heavy atom. The van der Waals surface area contributed by atoms with Gasteiger partial charge in [-0.1, -0.05) is 17.7 Å². The summed E-state index contributed by atoms with van der Waals surface area (Å²) in [5.74, 6) is -0.478. The number of primary amides is 1. The van der Waals surface area contributed by atoms with E-state index in [1.54, 1.807) is 25.1 Å². The van der Waals surface area contributed by atoms with Crippen LogP contribution in [-0.4, -0.2) is 23.7 Å². The molecule has 100 valence electrons. The molecule has 1 aromatic carbocycles. The topological polar surface area (TPSA) is 75.3 Å². The van der Waals surface area contributed by atoms with Gasteiger partial charge >= 0.3 is 0 Å². The number of nitrogens with two attached hydrogens (primary N) is 1. The molecule has 0 aliphatic rings. The van der Waals surface area contributed by atoms with Crippen molar-refractivity contribution in [3.63, 3.8) is 0 Å². The number of carbonyl (C=O) groups excluding carboxylic acids is 1. The van der Waals surface area contributed by atoms with Crippen LogP contribution in [0.1, 0.15) is 35.7 Å². The highest BCUT2D eigenvalue weighted by atomic mass is 35.5. The van der Waals surface area contributed by atoms with Gasteiger partial charge < -0.3 is 16.2 Å². The van der Waals surface area contributed by atoms with Crippen LogP contribution in [0.5, 0.6) is 0 Å². The minimum Gasteiger partial charge on any atom is -0.393 e. The lowest BCUT2D eigenvalue weighted by atomic mass is 10.1. The molecule has 4 N–H and O–H groups in total. The zero-order valence-corrected chi connectivity index (χ0v) is 11.2. The van der Waals surface area contributed by atoms with Gasteiger partial charge in [0.1, 0.15) is 0 Å². The highest BCUT2D eigenvalue weighted by Gasteiger charge is 2.05. The molecule has 1 aromatic rings. The Labute approximate surface area is 112 Å². The highest BCUT2D eigenvalue weighted by Crippen LogP contribution is 2.17. The summed E-state index contributed by atoms with van der Waals surface area (Å²) in [6.07, 6.45) is 1.43. The third kappa shape index (κ3) is 5.04. The molecule has 0 bridgehead atoms. The Kier molecular flexibility index (Phi) is 6.12. The van der Waals surface area contributed by atoms with E-state index >= 15 is 0 Å². The molecule has 0 spiro atoms. The standard InChI is InChI=1S/C13H19ClN2O2/c1-9(17)3-2-6-16-8-11-5-4-10(13(15)18)7-12(11)14/h4-5,7,9,16-17H,2-3,6,8H2,1H3,(H2,15,18). The molecule has 0 aliphatic carbocycles. The van der Waals surface area contributed by atoms with Gasteiger partial charge in [0.25, 0.3) is 0 Å². The average Bonchev–Trinajstić information content (AvgIpc) is 2.29. The molecule has 1 rings (SSSR count). The highest BCUT2D eigenvalue weighted by molar-refractivity contribution is 6.31. The Hall–Kier alpha value is -1.10. The van der Waals surface area contributed by atoms with Crippen molar-refractivity contribution in [2.75, 3.05) is 6.54 Å². The fourth-order valence-corrected chi connectivity index (χ4v) is 1.84. The fraction of sp³-hybridized carbons (Fsp3) is 0.462. The van der Waals surface area contributed by atoms with E-state index in [-0.39, 0.29) is 6.10 Å². The lowest BCUT2D eigenvalue weighted by Gasteiger charge is -2.08. The molecule has 0 aromatic heterocycles. The lowest BCUT2D eigenvalue weighted by molar-refractivity contribution is 0.100. The van der Waals surface area contributed by atoms with Gasteiger partial charge in [0, 0.05) is 17.1 Å². The van der Waals surface area contributed by atoms with Gasteiger partial charge in [0.15, 0.2) is 0 Å². The van der Waals surface area contributed by atoms with E-state index in [0.717, 1.165) is 24.9 Å². The number of hydrogen-bond acceptors (Lipinski definition) is 3. The van der Waals surface area contributed by atoms with Crippen molar-refractivity contribution >= 4 is 17.5 Å². The van der Waals surface area contributed by atoms with Crippen molar-refractivity contribution < 1.29 is 9.90 Å². The molecule has 1 atom stereocenters. The van der Waals surface area contributed by atoms with Crippen LogP contribution >= 0.6 is 11.6 Å². The normalized spacial score (nSPS) is 12.4. The first-order valence-corrected chi connectivity index (χ1v) is 6.35. The summed E-state index contributed by atoms with van der Waals surface area (Å²) >= 11 is 6.05. The van der Waals surface area contributed by atoms with Gasteiger partial charge in [-0.05, 0) is 44.0 Å². The van der Waals surface area contributed by atoms with Crippen molar-refractivity contribution in [2.24, 2.45) is 5.73 Å². The van der Waals surface area contributed by atoms with E-state index < -0.39 is 5.91 Å². The number of hydrogen-bond donors (Lipinski definition) is 3. The van der Waals surface area contributed by atoms with Gasteiger partial charge in [-0.2, -0.15) is 0 Å². The van der Waals surface area contributed by atoms with E-state index in [0.29, 0.717) is 17.1 Å². The second kappa shape index (κ2) is 7.36. The smallest absolute Gasteiger partial charge is 0.248 e. The third-order valence-electron chi connectivity index (χ3n) is 2.63. The number of amides is 1. The van der Waals surface area contributed by atoms with Gasteiger partial charge in [-0.3, -0.25) is 4.79 Å². The van der Waals surface area contributed by atoms with Crippen molar-refractivity contribution in [2.45, 2.75) is 32.4 Å². The molecule has 1 amide bonds. The van der Waals surface area contributed by atoms with Crippen LogP contribution in [0.4, 0.5) is 0 Å². The van der Waals surface area contributed by atoms with Crippen molar-refractivity contribution in [3.05, 3.63) is 34.3 Å². The van der Waals surface area contributed by atoms with Crippen LogP contribution in [0, 0.1) is 0 Å². The second-order valence-corrected chi connectivity index (χ2v) is 4.75. The molecule has 0 saturated carbocycles. The lowest BCUT2D eigenvalue weighted by Crippen LogP contribution is -2.17. The average molecular weight is 271 g/mol. The molecule has 0 saturated heterocycles. The first kappa shape index (κ1) is 15.0. The maximum absolute atomic E-state index is 11.0. The number of benzene rings is 1. The van der Waals surface area contributed by atoms with Crippen LogP contribution in [0.3, 0.4) is 0 Å². The molecule has 18 heavy (non-hydrogen) atoms. The number of aliphatic hydroxyl groups excluding tert-OH is 1. The zero-order chi connectivity index (χ0) is 13.5. The first-order valence-electron chi connectivity index (χ1n) is 5.97. The summed E-state index contributed by atoms with van der Waals surface area (Å²) in [4.78, 5) is 11.0. The fourth-order valence-electron chi connectivity index (χ4n) is 1.59. The van der Waals surface area contributed by atoms with Crippen molar-refractivity contribution in [3.8, 4) is 0 Å². The number of nitrogens with one attached hydrogen (secondary N) is 1. The second-order valence-electron chi connectivity index (χ2n) is 4.34. The quantitative estimate of drug-likeness (QED) is 0.660. The van der Waals surface area contributed by atoms with Gasteiger partial charge in [-0.15, -0.1) is 0 Å². The molecule has 0 heterocycles. The maximum Gasteiger partial charge on any atom is 0.248 e. The largest absolute Gasteiger partial charge is 0.393 e. The number of rotatable bonds is 7. The molecular formula is C13H19ClN2O2. The van der Waals surface area contributed by atoms with Crippen LogP contribution in [0.25, 0.3) is 0 Å². The monoisotopic (exact) mass is 270 g/mol. The molecule has 4 nitrogen and oxygen atoms in total. The van der Waals surface area contributed by atoms with Gasteiger partial charge in [-0.25, -0.2) is 0 Å². The summed E-state index contributed by atoms with van der Waals surface area (Å²) in [5, 5.41) is 12.9. The Balaban J connectivity index is 2.41. The Bertz CT molecular complexity index is 408. The number of halogens is 1. The summed E-state index contributed by atoms with van der Waals surface area (Å²) < 4.78 is 0. The van der Waals surface area contributed by atoms with E-state index in [2.05, 4.69) is 5.32 Å². The van der Waals surface area contributed by atoms with Crippen LogP contribution in [-0.2, 0) is 6.54 Å². The van der Waals surface area contributed by atoms with Crippen LogP contribution in [0.2, 0.25) is 5.02 Å². The summed E-state index contributed by atoms with van der Waals surface area (Å²) in [7, 11) is 0. The zero-order valence-electron chi connectivity index (χ0n) is 10.4. The van der Waals surface area contributed by atoms with Crippen LogP contribution < -0.4 is 11.1 Å². The molecule has 1 unspecified atom stereocenters. The summed E-state index contributed by atoms with van der Waals surface area (Å²) in [5.41, 5.74) is 6.51. The Morgan fingerprint density at radius 2 is 2.28 bits per heavy atom. The molecule has 0 radical (unpaired) electrons. The first-order chi connectivity index (χ1) is 8.50. The predicted octanol–water partition coefficient (Wildman–Crippen LogP) is 1.69. The molecule has 0 aliphatic heterocycles. The van der Waals surface area contributed by atoms with Gasteiger partial charge in [0.05, 0.1) is 6.10 Å². The number of aliphatic hydroxyl groups is 1. The van der Waals surface area contributed by atoms with Crippen LogP contribution in [0.15, 0.2) is 18.2 Å². The van der Waals surface area contributed by atoms with E-state index in [1.165, 1.54) is 0 Å². The molecular weight excluding hydrogens is 252 g/mol. The van der Waals surface area contributed by atoms with Gasteiger partial charge in [0.2, 0.25) is 5.91 Å². The van der Waals surface area contributed by atoms with Crippen molar-refractivity contribution in [1.29, 1.82) is 0 Å². The predicted molar refractivity (Wildman–Crippen MR) is 72.6 cm³/mol.